The molecule has 3 rings (SSSR count). The Hall–Kier alpha value is -3.03. The van der Waals surface area contributed by atoms with Crippen molar-refractivity contribution >= 4 is 15.9 Å². The molecule has 0 aliphatic carbocycles. The maximum absolute atomic E-state index is 12.5. The number of amides is 1. The minimum absolute atomic E-state index is 0.0453. The Labute approximate surface area is 158 Å². The Morgan fingerprint density at radius 3 is 2.30 bits per heavy atom. The van der Waals surface area contributed by atoms with Gasteiger partial charge in [0.2, 0.25) is 10.0 Å². The van der Waals surface area contributed by atoms with Crippen LogP contribution in [0.5, 0.6) is 0 Å². The van der Waals surface area contributed by atoms with Gasteiger partial charge in [0.25, 0.3) is 5.91 Å². The summed E-state index contributed by atoms with van der Waals surface area (Å²) in [6, 6.07) is 18.9. The fourth-order valence-corrected chi connectivity index (χ4v) is 3.51. The summed E-state index contributed by atoms with van der Waals surface area (Å²) in [7, 11) is -3.73. The first-order chi connectivity index (χ1) is 13.0. The minimum atomic E-state index is -3.73. The molecular formula is C20H19N3O3S. The molecule has 0 aliphatic heterocycles. The maximum Gasteiger partial charge on any atom is 0.251 e. The first kappa shape index (κ1) is 18.8. The SMILES string of the molecule is O=C(NCc1ccccc1)c1cccc(S(=O)(=O)NCc2ccncc2)c1. The zero-order chi connectivity index (χ0) is 19.1. The lowest BCUT2D eigenvalue weighted by Gasteiger charge is -2.09. The van der Waals surface area contributed by atoms with Crippen molar-refractivity contribution in [3.05, 3.63) is 95.8 Å². The lowest BCUT2D eigenvalue weighted by molar-refractivity contribution is 0.0950. The fourth-order valence-electron chi connectivity index (χ4n) is 2.45. The quantitative estimate of drug-likeness (QED) is 0.658. The normalized spacial score (nSPS) is 11.1. The average molecular weight is 381 g/mol. The van der Waals surface area contributed by atoms with E-state index in [9.17, 15) is 13.2 Å². The highest BCUT2D eigenvalue weighted by Crippen LogP contribution is 2.12. The molecule has 3 aromatic rings. The summed E-state index contributed by atoms with van der Waals surface area (Å²) in [4.78, 5) is 16.3. The van der Waals surface area contributed by atoms with Gasteiger partial charge in [0.1, 0.15) is 0 Å². The molecule has 0 radical (unpaired) electrons. The van der Waals surface area contributed by atoms with E-state index < -0.39 is 10.0 Å². The number of nitrogens with zero attached hydrogens (tertiary/aromatic N) is 1. The lowest BCUT2D eigenvalue weighted by atomic mass is 10.2. The summed E-state index contributed by atoms with van der Waals surface area (Å²) in [5.41, 5.74) is 2.05. The molecule has 1 amide bonds. The molecule has 0 saturated heterocycles. The second kappa shape index (κ2) is 8.57. The van der Waals surface area contributed by atoms with Gasteiger partial charge in [-0.2, -0.15) is 0 Å². The summed E-state index contributed by atoms with van der Waals surface area (Å²) >= 11 is 0. The van der Waals surface area contributed by atoms with E-state index in [0.29, 0.717) is 6.54 Å². The number of carbonyl (C=O) groups excluding carboxylic acids is 1. The van der Waals surface area contributed by atoms with Gasteiger partial charge in [-0.15, -0.1) is 0 Å². The second-order valence-corrected chi connectivity index (χ2v) is 7.64. The van der Waals surface area contributed by atoms with Crippen LogP contribution in [0.2, 0.25) is 0 Å². The Bertz CT molecular complexity index is 1010. The van der Waals surface area contributed by atoms with E-state index in [4.69, 9.17) is 0 Å². The van der Waals surface area contributed by atoms with E-state index >= 15 is 0 Å². The van der Waals surface area contributed by atoms with Crippen LogP contribution in [0, 0.1) is 0 Å². The smallest absolute Gasteiger partial charge is 0.251 e. The molecule has 1 heterocycles. The predicted molar refractivity (Wildman–Crippen MR) is 102 cm³/mol. The standard InChI is InChI=1S/C20H19N3O3S/c24-20(22-14-16-5-2-1-3-6-16)18-7-4-8-19(13-18)27(25,26)23-15-17-9-11-21-12-10-17/h1-13,23H,14-15H2,(H,22,24). The van der Waals surface area contributed by atoms with Crippen molar-refractivity contribution < 1.29 is 13.2 Å². The molecule has 0 saturated carbocycles. The molecule has 0 aliphatic rings. The summed E-state index contributed by atoms with van der Waals surface area (Å²) in [6.45, 7) is 0.520. The number of carbonyl (C=O) groups is 1. The van der Waals surface area contributed by atoms with Gasteiger partial charge in [0, 0.05) is 31.0 Å². The number of hydrogen-bond acceptors (Lipinski definition) is 4. The van der Waals surface area contributed by atoms with Gasteiger partial charge >= 0.3 is 0 Å². The summed E-state index contributed by atoms with van der Waals surface area (Å²) in [5.74, 6) is -0.329. The van der Waals surface area contributed by atoms with Crippen LogP contribution in [-0.2, 0) is 23.1 Å². The topological polar surface area (TPSA) is 88.2 Å². The third kappa shape index (κ3) is 5.22. The van der Waals surface area contributed by atoms with Crippen LogP contribution in [0.3, 0.4) is 0 Å². The summed E-state index contributed by atoms with van der Waals surface area (Å²) in [6.07, 6.45) is 3.20. The Kier molecular flexibility index (Phi) is 5.95. The highest BCUT2D eigenvalue weighted by atomic mass is 32.2. The van der Waals surface area contributed by atoms with Crippen molar-refractivity contribution in [2.75, 3.05) is 0 Å². The van der Waals surface area contributed by atoms with Gasteiger partial charge in [0.15, 0.2) is 0 Å². The predicted octanol–water partition coefficient (Wildman–Crippen LogP) is 2.49. The summed E-state index contributed by atoms with van der Waals surface area (Å²) < 4.78 is 27.5. The molecule has 138 valence electrons. The molecule has 0 bridgehead atoms. The van der Waals surface area contributed by atoms with Gasteiger partial charge in [-0.3, -0.25) is 9.78 Å². The zero-order valence-electron chi connectivity index (χ0n) is 14.5. The monoisotopic (exact) mass is 381 g/mol. The molecule has 0 fully saturated rings. The molecule has 2 N–H and O–H groups in total. The van der Waals surface area contributed by atoms with Crippen LogP contribution in [0.4, 0.5) is 0 Å². The number of aromatic nitrogens is 1. The van der Waals surface area contributed by atoms with E-state index in [1.807, 2.05) is 30.3 Å². The third-order valence-electron chi connectivity index (χ3n) is 3.92. The van der Waals surface area contributed by atoms with Crippen molar-refractivity contribution in [3.8, 4) is 0 Å². The van der Waals surface area contributed by atoms with Gasteiger partial charge in [0.05, 0.1) is 4.90 Å². The average Bonchev–Trinajstić information content (AvgIpc) is 2.72. The van der Waals surface area contributed by atoms with Crippen LogP contribution in [0.15, 0.2) is 84.0 Å². The summed E-state index contributed by atoms with van der Waals surface area (Å²) in [5, 5.41) is 2.79. The van der Waals surface area contributed by atoms with Crippen molar-refractivity contribution in [3.63, 3.8) is 0 Å². The number of nitrogens with one attached hydrogen (secondary N) is 2. The molecule has 1 aromatic heterocycles. The maximum atomic E-state index is 12.5. The molecule has 27 heavy (non-hydrogen) atoms. The van der Waals surface area contributed by atoms with Gasteiger partial charge < -0.3 is 5.32 Å². The minimum Gasteiger partial charge on any atom is -0.348 e. The number of rotatable bonds is 7. The van der Waals surface area contributed by atoms with Crippen molar-refractivity contribution in [1.29, 1.82) is 0 Å². The second-order valence-electron chi connectivity index (χ2n) is 5.88. The number of sulfonamides is 1. The fraction of sp³-hybridized carbons (Fsp3) is 0.100. The Morgan fingerprint density at radius 1 is 0.852 bits per heavy atom. The van der Waals surface area contributed by atoms with Crippen LogP contribution in [0.1, 0.15) is 21.5 Å². The molecule has 0 spiro atoms. The van der Waals surface area contributed by atoms with Crippen molar-refractivity contribution in [2.45, 2.75) is 18.0 Å². The highest BCUT2D eigenvalue weighted by molar-refractivity contribution is 7.89. The highest BCUT2D eigenvalue weighted by Gasteiger charge is 2.16. The Balaban J connectivity index is 1.67. The van der Waals surface area contributed by atoms with E-state index in [1.165, 1.54) is 12.1 Å². The third-order valence-corrected chi connectivity index (χ3v) is 5.32. The molecule has 0 unspecified atom stereocenters. The lowest BCUT2D eigenvalue weighted by Crippen LogP contribution is -2.25. The van der Waals surface area contributed by atoms with E-state index in [-0.39, 0.29) is 22.9 Å². The largest absolute Gasteiger partial charge is 0.348 e. The van der Waals surface area contributed by atoms with Gasteiger partial charge in [-0.1, -0.05) is 36.4 Å². The van der Waals surface area contributed by atoms with Gasteiger partial charge in [-0.05, 0) is 41.5 Å². The van der Waals surface area contributed by atoms with E-state index in [0.717, 1.165) is 11.1 Å². The van der Waals surface area contributed by atoms with E-state index in [1.54, 1.807) is 36.7 Å². The van der Waals surface area contributed by atoms with Crippen LogP contribution in [0.25, 0.3) is 0 Å². The zero-order valence-corrected chi connectivity index (χ0v) is 15.3. The van der Waals surface area contributed by atoms with E-state index in [2.05, 4.69) is 15.0 Å². The van der Waals surface area contributed by atoms with Crippen LogP contribution >= 0.6 is 0 Å². The van der Waals surface area contributed by atoms with Gasteiger partial charge in [-0.25, -0.2) is 13.1 Å². The van der Waals surface area contributed by atoms with Crippen molar-refractivity contribution in [1.82, 2.24) is 15.0 Å². The molecule has 0 atom stereocenters. The molecule has 6 nitrogen and oxygen atoms in total. The molecule has 2 aromatic carbocycles. The van der Waals surface area contributed by atoms with Crippen LogP contribution < -0.4 is 10.0 Å². The van der Waals surface area contributed by atoms with Crippen molar-refractivity contribution in [2.24, 2.45) is 0 Å². The van der Waals surface area contributed by atoms with Crippen LogP contribution in [-0.4, -0.2) is 19.3 Å². The number of benzene rings is 2. The molecule has 7 heteroatoms. The molecular weight excluding hydrogens is 362 g/mol. The number of pyridine rings is 1. The first-order valence-corrected chi connectivity index (χ1v) is 9.84. The number of hydrogen-bond donors (Lipinski definition) is 2. The Morgan fingerprint density at radius 2 is 1.56 bits per heavy atom. The first-order valence-electron chi connectivity index (χ1n) is 8.35.